The highest BCUT2D eigenvalue weighted by Crippen LogP contribution is 2.30. The first-order chi connectivity index (χ1) is 17.1. The van der Waals surface area contributed by atoms with E-state index in [2.05, 4.69) is 15.3 Å². The van der Waals surface area contributed by atoms with Gasteiger partial charge in [0.25, 0.3) is 0 Å². The van der Waals surface area contributed by atoms with Gasteiger partial charge in [0.2, 0.25) is 5.75 Å². The van der Waals surface area contributed by atoms with Crippen molar-refractivity contribution in [2.45, 2.75) is 31.8 Å². The minimum atomic E-state index is -0.305. The molecule has 2 amide bonds. The number of nitrogens with one attached hydrogen (secondary N) is 1. The maximum atomic E-state index is 13.5. The molecule has 35 heavy (non-hydrogen) atoms. The molecule has 3 aromatic rings. The summed E-state index contributed by atoms with van der Waals surface area (Å²) in [6.07, 6.45) is 5.78. The summed E-state index contributed by atoms with van der Waals surface area (Å²) in [6, 6.07) is 16.3. The van der Waals surface area contributed by atoms with Crippen molar-refractivity contribution in [2.24, 2.45) is 0 Å². The Balaban J connectivity index is 1.36. The standard InChI is InChI=1S/C26H28ClN5O3/c27-19-7-6-10-21(17-19)32-25(33)24(35-22-11-4-5-12-22)23(18-28-32)30-13-15-31(16-14-30)26(34)29-20-8-2-1-3-9-20/h1-3,6-10,17-18,22H,4-5,11-16H2,(H,29,34). The lowest BCUT2D eigenvalue weighted by molar-refractivity contribution is 0.202. The number of amides is 2. The van der Waals surface area contributed by atoms with Crippen molar-refractivity contribution in [1.29, 1.82) is 0 Å². The SMILES string of the molecule is O=C(Nc1ccccc1)N1CCN(c2cnn(-c3cccc(Cl)c3)c(=O)c2OC2CCCC2)CC1. The maximum Gasteiger partial charge on any atom is 0.321 e. The van der Waals surface area contributed by atoms with Gasteiger partial charge in [-0.25, -0.2) is 4.79 Å². The first-order valence-corrected chi connectivity index (χ1v) is 12.4. The van der Waals surface area contributed by atoms with E-state index in [1.54, 1.807) is 35.4 Å². The summed E-state index contributed by atoms with van der Waals surface area (Å²) in [5.74, 6) is 0.314. The van der Waals surface area contributed by atoms with Gasteiger partial charge in [0.1, 0.15) is 5.69 Å². The number of aromatic nitrogens is 2. The lowest BCUT2D eigenvalue weighted by atomic mass is 10.2. The molecule has 2 fully saturated rings. The van der Waals surface area contributed by atoms with Crippen molar-refractivity contribution in [3.8, 4) is 11.4 Å². The number of piperazine rings is 1. The van der Waals surface area contributed by atoms with E-state index in [4.69, 9.17) is 16.3 Å². The van der Waals surface area contributed by atoms with Crippen molar-refractivity contribution in [3.63, 3.8) is 0 Å². The quantitative estimate of drug-likeness (QED) is 0.563. The molecule has 2 heterocycles. The number of carbonyl (C=O) groups is 1. The van der Waals surface area contributed by atoms with Gasteiger partial charge in [0.15, 0.2) is 0 Å². The predicted molar refractivity (Wildman–Crippen MR) is 137 cm³/mol. The molecule has 2 aliphatic rings. The number of ether oxygens (including phenoxy) is 1. The minimum Gasteiger partial charge on any atom is -0.483 e. The summed E-state index contributed by atoms with van der Waals surface area (Å²) in [5.41, 5.74) is 1.72. The first kappa shape index (κ1) is 23.2. The van der Waals surface area contributed by atoms with Gasteiger partial charge in [0.05, 0.1) is 18.0 Å². The van der Waals surface area contributed by atoms with Crippen LogP contribution in [0.3, 0.4) is 0 Å². The largest absolute Gasteiger partial charge is 0.483 e. The van der Waals surface area contributed by atoms with Gasteiger partial charge in [0, 0.05) is 36.9 Å². The van der Waals surface area contributed by atoms with Crippen LogP contribution in [-0.2, 0) is 0 Å². The molecule has 9 heteroatoms. The molecule has 0 radical (unpaired) electrons. The summed E-state index contributed by atoms with van der Waals surface area (Å²) in [4.78, 5) is 30.1. The summed E-state index contributed by atoms with van der Waals surface area (Å²) in [6.45, 7) is 2.20. The summed E-state index contributed by atoms with van der Waals surface area (Å²) < 4.78 is 7.63. The third-order valence-electron chi connectivity index (χ3n) is 6.49. The maximum absolute atomic E-state index is 13.5. The normalized spacial score (nSPS) is 16.4. The number of urea groups is 1. The van der Waals surface area contributed by atoms with Crippen molar-refractivity contribution >= 4 is 29.0 Å². The number of halogens is 1. The van der Waals surface area contributed by atoms with Crippen LogP contribution in [-0.4, -0.2) is 53.0 Å². The molecular formula is C26H28ClN5O3. The average molecular weight is 494 g/mol. The molecule has 0 spiro atoms. The highest BCUT2D eigenvalue weighted by Gasteiger charge is 2.28. The van der Waals surface area contributed by atoms with Gasteiger partial charge in [-0.3, -0.25) is 4.79 Å². The van der Waals surface area contributed by atoms with Crippen LogP contribution in [0.2, 0.25) is 5.02 Å². The third kappa shape index (κ3) is 5.27. The number of para-hydroxylation sites is 1. The average Bonchev–Trinajstić information content (AvgIpc) is 3.39. The van der Waals surface area contributed by atoms with Gasteiger partial charge < -0.3 is 19.9 Å². The number of rotatable bonds is 5. The molecule has 5 rings (SSSR count). The molecule has 0 unspecified atom stereocenters. The monoisotopic (exact) mass is 493 g/mol. The molecule has 1 aliphatic heterocycles. The van der Waals surface area contributed by atoms with E-state index in [-0.39, 0.29) is 17.7 Å². The van der Waals surface area contributed by atoms with E-state index in [0.29, 0.717) is 48.3 Å². The van der Waals surface area contributed by atoms with E-state index < -0.39 is 0 Å². The third-order valence-corrected chi connectivity index (χ3v) is 6.72. The van der Waals surface area contributed by atoms with E-state index >= 15 is 0 Å². The molecule has 1 saturated heterocycles. The van der Waals surface area contributed by atoms with Gasteiger partial charge in [-0.1, -0.05) is 35.9 Å². The second-order valence-corrected chi connectivity index (χ2v) is 9.29. The molecule has 182 valence electrons. The smallest absolute Gasteiger partial charge is 0.321 e. The Hall–Kier alpha value is -3.52. The lowest BCUT2D eigenvalue weighted by Crippen LogP contribution is -2.50. The van der Waals surface area contributed by atoms with Crippen LogP contribution < -0.4 is 20.5 Å². The summed E-state index contributed by atoms with van der Waals surface area (Å²) in [5, 5.41) is 7.90. The molecule has 8 nitrogen and oxygen atoms in total. The van der Waals surface area contributed by atoms with Crippen molar-refractivity contribution in [3.05, 3.63) is 76.2 Å². The van der Waals surface area contributed by atoms with E-state index in [0.717, 1.165) is 31.4 Å². The van der Waals surface area contributed by atoms with Gasteiger partial charge in [-0.2, -0.15) is 9.78 Å². The fraction of sp³-hybridized carbons (Fsp3) is 0.346. The highest BCUT2D eigenvalue weighted by molar-refractivity contribution is 6.30. The molecule has 1 saturated carbocycles. The summed E-state index contributed by atoms with van der Waals surface area (Å²) in [7, 11) is 0. The van der Waals surface area contributed by atoms with Gasteiger partial charge >= 0.3 is 11.6 Å². The van der Waals surface area contributed by atoms with Gasteiger partial charge in [-0.15, -0.1) is 0 Å². The van der Waals surface area contributed by atoms with Gasteiger partial charge in [-0.05, 0) is 56.0 Å². The number of carbonyl (C=O) groups excluding carboxylic acids is 1. The van der Waals surface area contributed by atoms with Crippen LogP contribution in [0.25, 0.3) is 5.69 Å². The van der Waals surface area contributed by atoms with E-state index in [9.17, 15) is 9.59 Å². The van der Waals surface area contributed by atoms with Crippen LogP contribution in [0.15, 0.2) is 65.6 Å². The molecule has 0 bridgehead atoms. The fourth-order valence-electron chi connectivity index (χ4n) is 4.60. The highest BCUT2D eigenvalue weighted by atomic mass is 35.5. The topological polar surface area (TPSA) is 79.7 Å². The van der Waals surface area contributed by atoms with Crippen molar-refractivity contribution in [1.82, 2.24) is 14.7 Å². The number of anilines is 2. The number of hydrogen-bond acceptors (Lipinski definition) is 5. The Bertz CT molecular complexity index is 1240. The Labute approximate surface area is 209 Å². The predicted octanol–water partition coefficient (Wildman–Crippen LogP) is 4.56. The second kappa shape index (κ2) is 10.4. The number of benzene rings is 2. The Kier molecular flexibility index (Phi) is 6.90. The van der Waals surface area contributed by atoms with Crippen molar-refractivity contribution in [2.75, 3.05) is 36.4 Å². The molecule has 1 aliphatic carbocycles. The van der Waals surface area contributed by atoms with Crippen LogP contribution in [0, 0.1) is 0 Å². The van der Waals surface area contributed by atoms with Crippen LogP contribution >= 0.6 is 11.6 Å². The number of hydrogen-bond donors (Lipinski definition) is 1. The van der Waals surface area contributed by atoms with Crippen LogP contribution in [0.5, 0.6) is 5.75 Å². The zero-order chi connectivity index (χ0) is 24.2. The molecular weight excluding hydrogens is 466 g/mol. The number of nitrogens with zero attached hydrogens (tertiary/aromatic N) is 4. The molecule has 1 aromatic heterocycles. The lowest BCUT2D eigenvalue weighted by Gasteiger charge is -2.36. The molecule has 1 N–H and O–H groups in total. The summed E-state index contributed by atoms with van der Waals surface area (Å²) >= 11 is 6.15. The Morgan fingerprint density at radius 3 is 2.46 bits per heavy atom. The Morgan fingerprint density at radius 2 is 1.74 bits per heavy atom. The molecule has 2 aromatic carbocycles. The van der Waals surface area contributed by atoms with Crippen LogP contribution in [0.4, 0.5) is 16.2 Å². The fourth-order valence-corrected chi connectivity index (χ4v) is 4.79. The second-order valence-electron chi connectivity index (χ2n) is 8.85. The van der Waals surface area contributed by atoms with E-state index in [1.165, 1.54) is 4.68 Å². The van der Waals surface area contributed by atoms with E-state index in [1.807, 2.05) is 30.3 Å². The zero-order valence-corrected chi connectivity index (χ0v) is 20.2. The zero-order valence-electron chi connectivity index (χ0n) is 19.4. The minimum absolute atomic E-state index is 0.0228. The Morgan fingerprint density at radius 1 is 1.00 bits per heavy atom. The van der Waals surface area contributed by atoms with Crippen LogP contribution in [0.1, 0.15) is 25.7 Å². The molecule has 0 atom stereocenters. The van der Waals surface area contributed by atoms with Crippen molar-refractivity contribution < 1.29 is 9.53 Å². The first-order valence-electron chi connectivity index (χ1n) is 12.0.